The van der Waals surface area contributed by atoms with Gasteiger partial charge in [-0.15, -0.1) is 0 Å². The zero-order valence-electron chi connectivity index (χ0n) is 11.4. The van der Waals surface area contributed by atoms with Crippen LogP contribution >= 0.6 is 15.9 Å². The number of anilines is 1. The van der Waals surface area contributed by atoms with Crippen molar-refractivity contribution in [3.63, 3.8) is 0 Å². The van der Waals surface area contributed by atoms with Gasteiger partial charge in [-0.25, -0.2) is 0 Å². The molecule has 106 valence electrons. The molecule has 0 saturated carbocycles. The molecule has 1 atom stereocenters. The lowest BCUT2D eigenvalue weighted by Crippen LogP contribution is -2.19. The van der Waals surface area contributed by atoms with E-state index in [-0.39, 0.29) is 11.8 Å². The second kappa shape index (κ2) is 5.69. The third kappa shape index (κ3) is 2.83. The number of amides is 1. The number of carbonyl (C=O) groups excluding carboxylic acids is 1. The number of rotatable bonds is 3. The first-order valence-corrected chi connectivity index (χ1v) is 7.44. The van der Waals surface area contributed by atoms with Gasteiger partial charge in [0.25, 0.3) is 0 Å². The van der Waals surface area contributed by atoms with E-state index in [2.05, 4.69) is 31.4 Å². The predicted molar refractivity (Wildman–Crippen MR) is 87.3 cm³/mol. The van der Waals surface area contributed by atoms with Crippen LogP contribution in [0.5, 0.6) is 0 Å². The fraction of sp³-hybridized carbons (Fsp3) is 0.125. The maximum Gasteiger partial charge on any atom is 0.232 e. The van der Waals surface area contributed by atoms with Gasteiger partial charge in [-0.3, -0.25) is 9.89 Å². The molecule has 3 aromatic rings. The molecule has 0 spiro atoms. The van der Waals surface area contributed by atoms with Crippen molar-refractivity contribution in [2.24, 2.45) is 0 Å². The van der Waals surface area contributed by atoms with Crippen molar-refractivity contribution in [3.8, 4) is 0 Å². The molecule has 4 nitrogen and oxygen atoms in total. The molecule has 2 N–H and O–H groups in total. The minimum atomic E-state index is -0.228. The van der Waals surface area contributed by atoms with Crippen molar-refractivity contribution in [2.45, 2.75) is 12.8 Å². The molecule has 0 aliphatic carbocycles. The van der Waals surface area contributed by atoms with E-state index in [1.807, 2.05) is 55.5 Å². The van der Waals surface area contributed by atoms with Gasteiger partial charge in [0.15, 0.2) is 5.82 Å². The molecule has 0 aliphatic rings. The number of nitrogens with one attached hydrogen (secondary N) is 2. The van der Waals surface area contributed by atoms with E-state index in [4.69, 9.17) is 0 Å². The highest BCUT2D eigenvalue weighted by Crippen LogP contribution is 2.25. The molecule has 1 unspecified atom stereocenters. The van der Waals surface area contributed by atoms with E-state index in [9.17, 15) is 4.79 Å². The summed E-state index contributed by atoms with van der Waals surface area (Å²) in [6.45, 7) is 1.89. The molecule has 0 aliphatic heterocycles. The van der Waals surface area contributed by atoms with Crippen LogP contribution < -0.4 is 5.32 Å². The van der Waals surface area contributed by atoms with Gasteiger partial charge in [0.1, 0.15) is 0 Å². The molecule has 2 aromatic carbocycles. The number of aromatic nitrogens is 2. The zero-order chi connectivity index (χ0) is 14.8. The summed E-state index contributed by atoms with van der Waals surface area (Å²) in [6.07, 6.45) is 0. The molecule has 1 amide bonds. The van der Waals surface area contributed by atoms with Gasteiger partial charge >= 0.3 is 0 Å². The first-order valence-electron chi connectivity index (χ1n) is 6.64. The quantitative estimate of drug-likeness (QED) is 0.753. The topological polar surface area (TPSA) is 57.8 Å². The predicted octanol–water partition coefficient (Wildman–Crippen LogP) is 4.07. The number of halogens is 1. The van der Waals surface area contributed by atoms with Gasteiger partial charge in [-0.2, -0.15) is 5.10 Å². The molecule has 3 rings (SSSR count). The van der Waals surface area contributed by atoms with E-state index in [1.54, 1.807) is 0 Å². The smallest absolute Gasteiger partial charge is 0.232 e. The summed E-state index contributed by atoms with van der Waals surface area (Å²) in [5.41, 5.74) is 1.87. The number of nitrogens with zero attached hydrogens (tertiary/aromatic N) is 1. The average Bonchev–Trinajstić information content (AvgIpc) is 2.89. The van der Waals surface area contributed by atoms with E-state index in [0.717, 1.165) is 20.9 Å². The molecule has 0 fully saturated rings. The molecule has 21 heavy (non-hydrogen) atoms. The number of hydrogen-bond donors (Lipinski definition) is 2. The largest absolute Gasteiger partial charge is 0.308 e. The molecule has 1 heterocycles. The molecule has 0 radical (unpaired) electrons. The Morgan fingerprint density at radius 1 is 1.24 bits per heavy atom. The molecule has 5 heteroatoms. The first kappa shape index (κ1) is 13.8. The lowest BCUT2D eigenvalue weighted by atomic mass is 10.0. The summed E-state index contributed by atoms with van der Waals surface area (Å²) >= 11 is 3.41. The van der Waals surface area contributed by atoms with Crippen LogP contribution in [0.2, 0.25) is 0 Å². The van der Waals surface area contributed by atoms with E-state index in [0.29, 0.717) is 5.82 Å². The second-order valence-electron chi connectivity index (χ2n) is 4.88. The maximum atomic E-state index is 12.3. The summed E-state index contributed by atoms with van der Waals surface area (Å²) in [4.78, 5) is 12.3. The van der Waals surface area contributed by atoms with Crippen molar-refractivity contribution >= 4 is 38.6 Å². The Morgan fingerprint density at radius 3 is 2.76 bits per heavy atom. The van der Waals surface area contributed by atoms with E-state index >= 15 is 0 Å². The number of carbonyl (C=O) groups is 1. The van der Waals surface area contributed by atoms with Crippen molar-refractivity contribution in [3.05, 3.63) is 58.6 Å². The van der Waals surface area contributed by atoms with Crippen molar-refractivity contribution in [2.75, 3.05) is 5.32 Å². The highest BCUT2D eigenvalue weighted by Gasteiger charge is 2.17. The van der Waals surface area contributed by atoms with E-state index < -0.39 is 0 Å². The summed E-state index contributed by atoms with van der Waals surface area (Å²) in [5.74, 6) is 0.260. The SMILES string of the molecule is CC(C(=O)Nc1n[nH]c2cc(Br)ccc12)c1ccccc1. The number of fused-ring (bicyclic) bond motifs is 1. The minimum absolute atomic E-state index is 0.0717. The minimum Gasteiger partial charge on any atom is -0.308 e. The van der Waals surface area contributed by atoms with Crippen LogP contribution in [0.25, 0.3) is 10.9 Å². The van der Waals surface area contributed by atoms with Crippen molar-refractivity contribution < 1.29 is 4.79 Å². The van der Waals surface area contributed by atoms with Crippen LogP contribution in [0.15, 0.2) is 53.0 Å². The number of hydrogen-bond acceptors (Lipinski definition) is 2. The van der Waals surface area contributed by atoms with Crippen LogP contribution in [-0.4, -0.2) is 16.1 Å². The first-order chi connectivity index (χ1) is 10.1. The van der Waals surface area contributed by atoms with Gasteiger partial charge in [0.2, 0.25) is 5.91 Å². The third-order valence-electron chi connectivity index (χ3n) is 3.46. The van der Waals surface area contributed by atoms with Gasteiger partial charge in [-0.1, -0.05) is 46.3 Å². The monoisotopic (exact) mass is 343 g/mol. The molecule has 0 bridgehead atoms. The highest BCUT2D eigenvalue weighted by molar-refractivity contribution is 9.10. The fourth-order valence-corrected chi connectivity index (χ4v) is 2.57. The summed E-state index contributed by atoms with van der Waals surface area (Å²) < 4.78 is 0.967. The molecular formula is C16H14BrN3O. The average molecular weight is 344 g/mol. The van der Waals surface area contributed by atoms with Crippen molar-refractivity contribution in [1.29, 1.82) is 0 Å². The standard InChI is InChI=1S/C16H14BrN3O/c1-10(11-5-3-2-4-6-11)16(21)18-15-13-8-7-12(17)9-14(13)19-20-15/h2-10H,1H3,(H2,18,19,20,21). The molecule has 0 saturated heterocycles. The summed E-state index contributed by atoms with van der Waals surface area (Å²) in [5, 5.41) is 10.9. The summed E-state index contributed by atoms with van der Waals surface area (Å²) in [6, 6.07) is 15.5. The van der Waals surface area contributed by atoms with Crippen LogP contribution in [-0.2, 0) is 4.79 Å². The zero-order valence-corrected chi connectivity index (χ0v) is 13.0. The Labute approximate surface area is 130 Å². The Hall–Kier alpha value is -2.14. The van der Waals surface area contributed by atoms with Gasteiger partial charge in [0.05, 0.1) is 11.4 Å². The summed E-state index contributed by atoms with van der Waals surface area (Å²) in [7, 11) is 0. The lowest BCUT2D eigenvalue weighted by molar-refractivity contribution is -0.117. The molecule has 1 aromatic heterocycles. The van der Waals surface area contributed by atoms with Gasteiger partial charge < -0.3 is 5.32 Å². The molecular weight excluding hydrogens is 330 g/mol. The van der Waals surface area contributed by atoms with E-state index in [1.165, 1.54) is 0 Å². The number of benzene rings is 2. The maximum absolute atomic E-state index is 12.3. The lowest BCUT2D eigenvalue weighted by Gasteiger charge is -2.11. The van der Waals surface area contributed by atoms with Crippen molar-refractivity contribution in [1.82, 2.24) is 10.2 Å². The van der Waals surface area contributed by atoms with Crippen LogP contribution in [0, 0.1) is 0 Å². The van der Waals surface area contributed by atoms with Crippen LogP contribution in [0.4, 0.5) is 5.82 Å². The normalized spacial score (nSPS) is 12.3. The van der Waals surface area contributed by atoms with Gasteiger partial charge in [0, 0.05) is 9.86 Å². The fourth-order valence-electron chi connectivity index (χ4n) is 2.21. The second-order valence-corrected chi connectivity index (χ2v) is 5.80. The Bertz CT molecular complexity index is 783. The third-order valence-corrected chi connectivity index (χ3v) is 3.95. The Balaban J connectivity index is 1.83. The van der Waals surface area contributed by atoms with Crippen LogP contribution in [0.3, 0.4) is 0 Å². The highest BCUT2D eigenvalue weighted by atomic mass is 79.9. The Kier molecular flexibility index (Phi) is 3.75. The number of H-pyrrole nitrogens is 1. The Morgan fingerprint density at radius 2 is 2.00 bits per heavy atom. The van der Waals surface area contributed by atoms with Gasteiger partial charge in [-0.05, 0) is 30.7 Å². The van der Waals surface area contributed by atoms with Crippen LogP contribution in [0.1, 0.15) is 18.4 Å². The number of aromatic amines is 1.